The number of hydrogen-bond acceptors (Lipinski definition) is 1. The molecule has 0 aliphatic heterocycles. The van der Waals surface area contributed by atoms with Gasteiger partial charge in [0.25, 0.3) is 0 Å². The molecule has 68 valence electrons. The first-order valence-corrected chi connectivity index (χ1v) is 4.43. The molecule has 0 amide bonds. The normalized spacial score (nSPS) is 10.9. The van der Waals surface area contributed by atoms with Gasteiger partial charge in [-0.05, 0) is 18.2 Å². The highest BCUT2D eigenvalue weighted by Gasteiger charge is 2.00. The van der Waals surface area contributed by atoms with E-state index in [0.29, 0.717) is 0 Å². The fraction of sp³-hybridized carbons (Fsp3) is 0.0833. The van der Waals surface area contributed by atoms with Crippen molar-refractivity contribution in [1.29, 1.82) is 5.26 Å². The van der Waals surface area contributed by atoms with Gasteiger partial charge in [0, 0.05) is 29.7 Å². The summed E-state index contributed by atoms with van der Waals surface area (Å²) < 4.78 is 2.07. The Morgan fingerprint density at radius 2 is 2.14 bits per heavy atom. The number of rotatable bonds is 1. The maximum absolute atomic E-state index is 8.45. The maximum Gasteiger partial charge on any atom is 0.0912 e. The number of fused-ring (bicyclic) bond motifs is 1. The van der Waals surface area contributed by atoms with Gasteiger partial charge in [-0.15, -0.1) is 0 Å². The Kier molecular flexibility index (Phi) is 2.08. The molecule has 0 fully saturated rings. The summed E-state index contributed by atoms with van der Waals surface area (Å²) in [5, 5.41) is 9.65. The molecule has 14 heavy (non-hydrogen) atoms. The van der Waals surface area contributed by atoms with Gasteiger partial charge in [0.05, 0.1) is 6.07 Å². The molecular formula is C12H10N2. The standard InChI is InChI=1S/C12H10N2/c1-14-11(6-4-8-13)9-10-5-2-3-7-12(10)14/h2-7,9H,1H3. The number of allylic oxidation sites excluding steroid dienone is 1. The number of nitriles is 1. The van der Waals surface area contributed by atoms with E-state index in [4.69, 9.17) is 5.26 Å². The van der Waals surface area contributed by atoms with Crippen molar-refractivity contribution in [2.45, 2.75) is 0 Å². The van der Waals surface area contributed by atoms with Crippen molar-refractivity contribution in [2.75, 3.05) is 0 Å². The van der Waals surface area contributed by atoms with Crippen molar-refractivity contribution in [3.63, 3.8) is 0 Å². The fourth-order valence-corrected chi connectivity index (χ4v) is 1.59. The van der Waals surface area contributed by atoms with Gasteiger partial charge in [0.1, 0.15) is 0 Å². The van der Waals surface area contributed by atoms with E-state index in [9.17, 15) is 0 Å². The third kappa shape index (κ3) is 1.29. The summed E-state index contributed by atoms with van der Waals surface area (Å²) >= 11 is 0. The lowest BCUT2D eigenvalue weighted by molar-refractivity contribution is 0.955. The second kappa shape index (κ2) is 3.39. The summed E-state index contributed by atoms with van der Waals surface area (Å²) in [7, 11) is 2.00. The molecule has 1 heterocycles. The minimum atomic E-state index is 1.05. The molecule has 0 aliphatic carbocycles. The van der Waals surface area contributed by atoms with E-state index in [1.807, 2.05) is 31.3 Å². The molecular weight excluding hydrogens is 172 g/mol. The van der Waals surface area contributed by atoms with Gasteiger partial charge in [-0.2, -0.15) is 5.26 Å². The van der Waals surface area contributed by atoms with Crippen LogP contribution in [0.2, 0.25) is 0 Å². The van der Waals surface area contributed by atoms with Crippen LogP contribution in [0.25, 0.3) is 17.0 Å². The third-order valence-electron chi connectivity index (χ3n) is 2.32. The van der Waals surface area contributed by atoms with Crippen LogP contribution < -0.4 is 0 Å². The SMILES string of the molecule is Cn1c(C=CC#N)cc2ccccc21. The van der Waals surface area contributed by atoms with Crippen molar-refractivity contribution in [1.82, 2.24) is 4.57 Å². The van der Waals surface area contributed by atoms with Crippen LogP contribution in [0.3, 0.4) is 0 Å². The first kappa shape index (κ1) is 8.58. The monoisotopic (exact) mass is 182 g/mol. The van der Waals surface area contributed by atoms with Gasteiger partial charge in [-0.25, -0.2) is 0 Å². The summed E-state index contributed by atoms with van der Waals surface area (Å²) in [6.45, 7) is 0. The quantitative estimate of drug-likeness (QED) is 0.623. The van der Waals surface area contributed by atoms with E-state index in [-0.39, 0.29) is 0 Å². The summed E-state index contributed by atoms with van der Waals surface area (Å²) in [6, 6.07) is 12.2. The van der Waals surface area contributed by atoms with Gasteiger partial charge in [-0.1, -0.05) is 18.2 Å². The van der Waals surface area contributed by atoms with Gasteiger partial charge in [0.15, 0.2) is 0 Å². The second-order valence-electron chi connectivity index (χ2n) is 3.15. The van der Waals surface area contributed by atoms with Gasteiger partial charge >= 0.3 is 0 Å². The van der Waals surface area contributed by atoms with Crippen LogP contribution in [0.5, 0.6) is 0 Å². The van der Waals surface area contributed by atoms with Crippen LogP contribution in [0, 0.1) is 11.3 Å². The van der Waals surface area contributed by atoms with Crippen LogP contribution >= 0.6 is 0 Å². The molecule has 0 bridgehead atoms. The lowest BCUT2D eigenvalue weighted by Gasteiger charge is -1.97. The smallest absolute Gasteiger partial charge is 0.0912 e. The Bertz CT molecular complexity index is 527. The maximum atomic E-state index is 8.45. The summed E-state index contributed by atoms with van der Waals surface area (Å²) in [4.78, 5) is 0. The highest BCUT2D eigenvalue weighted by atomic mass is 14.9. The van der Waals surface area contributed by atoms with Crippen molar-refractivity contribution in [3.8, 4) is 6.07 Å². The minimum absolute atomic E-state index is 1.05. The van der Waals surface area contributed by atoms with E-state index in [0.717, 1.165) is 5.69 Å². The highest BCUT2D eigenvalue weighted by molar-refractivity contribution is 5.83. The summed E-state index contributed by atoms with van der Waals surface area (Å²) in [6.07, 6.45) is 3.31. The van der Waals surface area contributed by atoms with Crippen LogP contribution in [0.1, 0.15) is 5.69 Å². The Morgan fingerprint density at radius 3 is 2.86 bits per heavy atom. The number of hydrogen-bond donors (Lipinski definition) is 0. The first-order chi connectivity index (χ1) is 6.83. The minimum Gasteiger partial charge on any atom is -0.344 e. The third-order valence-corrected chi connectivity index (χ3v) is 2.32. The van der Waals surface area contributed by atoms with Crippen LogP contribution in [-0.2, 0) is 7.05 Å². The predicted molar refractivity (Wildman–Crippen MR) is 57.6 cm³/mol. The molecule has 0 unspecified atom stereocenters. The summed E-state index contributed by atoms with van der Waals surface area (Å²) in [5.41, 5.74) is 2.23. The van der Waals surface area contributed by atoms with Crippen molar-refractivity contribution < 1.29 is 0 Å². The molecule has 2 aromatic rings. The zero-order valence-corrected chi connectivity index (χ0v) is 7.94. The van der Waals surface area contributed by atoms with Crippen LogP contribution in [0.4, 0.5) is 0 Å². The number of nitrogens with zero attached hydrogens (tertiary/aromatic N) is 2. The molecule has 0 spiro atoms. The zero-order valence-electron chi connectivity index (χ0n) is 7.94. The lowest BCUT2D eigenvalue weighted by Crippen LogP contribution is -1.88. The van der Waals surface area contributed by atoms with Crippen molar-refractivity contribution >= 4 is 17.0 Å². The molecule has 0 saturated carbocycles. The number of benzene rings is 1. The Labute approximate surface area is 82.7 Å². The van der Waals surface area contributed by atoms with E-state index in [1.165, 1.54) is 17.0 Å². The van der Waals surface area contributed by atoms with E-state index < -0.39 is 0 Å². The number of para-hydroxylation sites is 1. The molecule has 0 atom stereocenters. The fourth-order valence-electron chi connectivity index (χ4n) is 1.59. The average molecular weight is 182 g/mol. The highest BCUT2D eigenvalue weighted by Crippen LogP contribution is 2.18. The Balaban J connectivity index is 2.64. The van der Waals surface area contributed by atoms with Crippen LogP contribution in [0.15, 0.2) is 36.4 Å². The van der Waals surface area contributed by atoms with Gasteiger partial charge in [0.2, 0.25) is 0 Å². The van der Waals surface area contributed by atoms with E-state index >= 15 is 0 Å². The van der Waals surface area contributed by atoms with Gasteiger partial charge < -0.3 is 4.57 Å². The Hall–Kier alpha value is -2.01. The summed E-state index contributed by atoms with van der Waals surface area (Å²) in [5.74, 6) is 0. The molecule has 2 heteroatoms. The molecule has 2 nitrogen and oxygen atoms in total. The van der Waals surface area contributed by atoms with Crippen LogP contribution in [-0.4, -0.2) is 4.57 Å². The molecule has 1 aromatic carbocycles. The zero-order chi connectivity index (χ0) is 9.97. The molecule has 0 radical (unpaired) electrons. The average Bonchev–Trinajstić information content (AvgIpc) is 2.54. The predicted octanol–water partition coefficient (Wildman–Crippen LogP) is 2.72. The largest absolute Gasteiger partial charge is 0.344 e. The number of aromatic nitrogens is 1. The first-order valence-electron chi connectivity index (χ1n) is 4.43. The second-order valence-corrected chi connectivity index (χ2v) is 3.15. The molecule has 2 rings (SSSR count). The topological polar surface area (TPSA) is 28.7 Å². The number of aryl methyl sites for hydroxylation is 1. The molecule has 0 saturated heterocycles. The Morgan fingerprint density at radius 1 is 1.36 bits per heavy atom. The molecule has 0 N–H and O–H groups in total. The van der Waals surface area contributed by atoms with Crippen molar-refractivity contribution in [2.24, 2.45) is 7.05 Å². The van der Waals surface area contributed by atoms with Gasteiger partial charge in [-0.3, -0.25) is 0 Å². The lowest BCUT2D eigenvalue weighted by atomic mass is 10.2. The molecule has 1 aromatic heterocycles. The molecule has 0 aliphatic rings. The van der Waals surface area contributed by atoms with E-state index in [1.54, 1.807) is 0 Å². The van der Waals surface area contributed by atoms with E-state index in [2.05, 4.69) is 22.8 Å². The van der Waals surface area contributed by atoms with Crippen molar-refractivity contribution in [3.05, 3.63) is 42.1 Å².